The molecule has 88 valence electrons. The molecular weight excluding hydrogens is 229 g/mol. The molecule has 1 aliphatic rings. The molecule has 2 nitrogen and oxygen atoms in total. The Bertz CT molecular complexity index is 322. The van der Waals surface area contributed by atoms with E-state index in [4.69, 9.17) is 16.3 Å². The number of hydrogen-bond acceptors (Lipinski definition) is 2. The molecule has 1 aliphatic heterocycles. The van der Waals surface area contributed by atoms with E-state index in [2.05, 4.69) is 5.32 Å². The summed E-state index contributed by atoms with van der Waals surface area (Å²) < 4.78 is 17.7. The smallest absolute Gasteiger partial charge is 0.117 e. The Balaban J connectivity index is 1.84. The minimum Gasteiger partial charge on any atom is -0.373 e. The van der Waals surface area contributed by atoms with E-state index in [0.717, 1.165) is 11.4 Å². The molecule has 1 fully saturated rings. The lowest BCUT2D eigenvalue weighted by Gasteiger charge is -2.29. The lowest BCUT2D eigenvalue weighted by molar-refractivity contribution is -0.00818. The van der Waals surface area contributed by atoms with E-state index < -0.39 is 6.67 Å². The number of hydrogen-bond donors (Lipinski definition) is 1. The first kappa shape index (κ1) is 11.8. The first-order chi connectivity index (χ1) is 7.78. The average Bonchev–Trinajstić information content (AvgIpc) is 2.33. The van der Waals surface area contributed by atoms with Gasteiger partial charge in [0.25, 0.3) is 0 Å². The van der Waals surface area contributed by atoms with Crippen molar-refractivity contribution in [1.29, 1.82) is 0 Å². The van der Waals surface area contributed by atoms with Gasteiger partial charge in [0.15, 0.2) is 0 Å². The van der Waals surface area contributed by atoms with Crippen molar-refractivity contribution in [2.24, 2.45) is 0 Å². The topological polar surface area (TPSA) is 21.3 Å². The van der Waals surface area contributed by atoms with E-state index in [9.17, 15) is 4.39 Å². The van der Waals surface area contributed by atoms with Crippen LogP contribution in [0.4, 0.5) is 4.39 Å². The highest BCUT2D eigenvalue weighted by Gasteiger charge is 2.20. The van der Waals surface area contributed by atoms with Gasteiger partial charge in [0, 0.05) is 17.6 Å². The van der Waals surface area contributed by atoms with Gasteiger partial charge in [0.2, 0.25) is 0 Å². The van der Waals surface area contributed by atoms with Gasteiger partial charge in [-0.25, -0.2) is 4.39 Å². The minimum atomic E-state index is -0.416. The van der Waals surface area contributed by atoms with Crippen LogP contribution < -0.4 is 5.32 Å². The van der Waals surface area contributed by atoms with Crippen LogP contribution in [0.3, 0.4) is 0 Å². The van der Waals surface area contributed by atoms with E-state index in [1.807, 2.05) is 24.3 Å². The molecule has 0 bridgehead atoms. The second kappa shape index (κ2) is 5.62. The Hall–Kier alpha value is -0.640. The van der Waals surface area contributed by atoms with Gasteiger partial charge in [-0.3, -0.25) is 0 Å². The fourth-order valence-electron chi connectivity index (χ4n) is 1.80. The maximum Gasteiger partial charge on any atom is 0.117 e. The fraction of sp³-hybridized carbons (Fsp3) is 0.500. The normalized spacial score (nSPS) is 25.6. The van der Waals surface area contributed by atoms with Crippen LogP contribution in [0.2, 0.25) is 5.02 Å². The van der Waals surface area contributed by atoms with E-state index in [1.165, 1.54) is 5.56 Å². The summed E-state index contributed by atoms with van der Waals surface area (Å²) in [5.41, 5.74) is 1.21. The molecular formula is C12H15ClFNO. The number of benzene rings is 1. The number of morpholine rings is 1. The van der Waals surface area contributed by atoms with Crippen LogP contribution in [0, 0.1) is 0 Å². The fourth-order valence-corrected chi connectivity index (χ4v) is 1.93. The number of ether oxygens (including phenoxy) is 1. The summed E-state index contributed by atoms with van der Waals surface area (Å²) >= 11 is 5.81. The van der Waals surface area contributed by atoms with Gasteiger partial charge in [0.1, 0.15) is 6.67 Å². The number of alkyl halides is 1. The standard InChI is InChI=1S/C12H15ClFNO/c13-10-3-1-9(2-4-10)5-11-8-16-12(6-14)7-15-11/h1-4,11-12,15H,5-8H2. The van der Waals surface area contributed by atoms with Crippen molar-refractivity contribution in [3.63, 3.8) is 0 Å². The summed E-state index contributed by atoms with van der Waals surface area (Å²) in [6, 6.07) is 8.04. The van der Waals surface area contributed by atoms with Crippen molar-refractivity contribution in [2.75, 3.05) is 19.8 Å². The first-order valence-electron chi connectivity index (χ1n) is 5.43. The van der Waals surface area contributed by atoms with Gasteiger partial charge >= 0.3 is 0 Å². The Morgan fingerprint density at radius 2 is 2.12 bits per heavy atom. The van der Waals surface area contributed by atoms with Crippen molar-refractivity contribution in [2.45, 2.75) is 18.6 Å². The Morgan fingerprint density at radius 1 is 1.38 bits per heavy atom. The summed E-state index contributed by atoms with van der Waals surface area (Å²) in [5, 5.41) is 4.03. The summed E-state index contributed by atoms with van der Waals surface area (Å²) in [4.78, 5) is 0. The van der Waals surface area contributed by atoms with Crippen LogP contribution in [0.25, 0.3) is 0 Å². The average molecular weight is 244 g/mol. The van der Waals surface area contributed by atoms with E-state index >= 15 is 0 Å². The predicted molar refractivity (Wildman–Crippen MR) is 62.7 cm³/mol. The number of halogens is 2. The van der Waals surface area contributed by atoms with E-state index in [-0.39, 0.29) is 12.1 Å². The molecule has 0 spiro atoms. The van der Waals surface area contributed by atoms with Crippen LogP contribution in [0.1, 0.15) is 5.56 Å². The van der Waals surface area contributed by atoms with Crippen molar-refractivity contribution < 1.29 is 9.13 Å². The third kappa shape index (κ3) is 3.17. The molecule has 2 unspecified atom stereocenters. The highest BCUT2D eigenvalue weighted by molar-refractivity contribution is 6.30. The molecule has 1 heterocycles. The zero-order valence-corrected chi connectivity index (χ0v) is 9.71. The SMILES string of the molecule is FCC1CNC(Cc2ccc(Cl)cc2)CO1. The van der Waals surface area contributed by atoms with Gasteiger partial charge in [0.05, 0.1) is 12.7 Å². The van der Waals surface area contributed by atoms with Gasteiger partial charge in [-0.05, 0) is 24.1 Å². The number of nitrogens with one attached hydrogen (secondary N) is 1. The predicted octanol–water partition coefficient (Wildman–Crippen LogP) is 2.21. The summed E-state index contributed by atoms with van der Waals surface area (Å²) in [6.45, 7) is 0.743. The van der Waals surface area contributed by atoms with E-state index in [0.29, 0.717) is 13.2 Å². The van der Waals surface area contributed by atoms with Gasteiger partial charge in [-0.2, -0.15) is 0 Å². The molecule has 0 radical (unpaired) electrons. The molecule has 16 heavy (non-hydrogen) atoms. The lowest BCUT2D eigenvalue weighted by Crippen LogP contribution is -2.48. The van der Waals surface area contributed by atoms with Crippen molar-refractivity contribution in [1.82, 2.24) is 5.32 Å². The molecule has 0 aliphatic carbocycles. The molecule has 0 amide bonds. The van der Waals surface area contributed by atoms with E-state index in [1.54, 1.807) is 0 Å². The second-order valence-corrected chi connectivity index (χ2v) is 4.48. The van der Waals surface area contributed by atoms with Crippen molar-refractivity contribution in [3.05, 3.63) is 34.9 Å². The largest absolute Gasteiger partial charge is 0.373 e. The molecule has 1 aromatic carbocycles. The molecule has 0 aromatic heterocycles. The highest BCUT2D eigenvalue weighted by Crippen LogP contribution is 2.12. The van der Waals surface area contributed by atoms with Gasteiger partial charge < -0.3 is 10.1 Å². The van der Waals surface area contributed by atoms with Crippen LogP contribution >= 0.6 is 11.6 Å². The molecule has 0 saturated carbocycles. The maximum absolute atomic E-state index is 12.3. The van der Waals surface area contributed by atoms with Crippen LogP contribution in [0.5, 0.6) is 0 Å². The Morgan fingerprint density at radius 3 is 2.69 bits per heavy atom. The number of rotatable bonds is 3. The summed E-state index contributed by atoms with van der Waals surface area (Å²) in [6.07, 6.45) is 0.609. The second-order valence-electron chi connectivity index (χ2n) is 4.05. The molecule has 4 heteroatoms. The zero-order valence-electron chi connectivity index (χ0n) is 8.96. The third-order valence-electron chi connectivity index (χ3n) is 2.73. The summed E-state index contributed by atoms with van der Waals surface area (Å²) in [5.74, 6) is 0. The van der Waals surface area contributed by atoms with Crippen molar-refractivity contribution >= 4 is 11.6 Å². The van der Waals surface area contributed by atoms with Crippen LogP contribution in [0.15, 0.2) is 24.3 Å². The summed E-state index contributed by atoms with van der Waals surface area (Å²) in [7, 11) is 0. The Kier molecular flexibility index (Phi) is 4.16. The molecule has 2 atom stereocenters. The molecule has 1 N–H and O–H groups in total. The molecule has 2 rings (SSSR count). The zero-order chi connectivity index (χ0) is 11.4. The first-order valence-corrected chi connectivity index (χ1v) is 5.81. The van der Waals surface area contributed by atoms with Gasteiger partial charge in [-0.15, -0.1) is 0 Å². The lowest BCUT2D eigenvalue weighted by atomic mass is 10.1. The van der Waals surface area contributed by atoms with Gasteiger partial charge in [-0.1, -0.05) is 23.7 Å². The quantitative estimate of drug-likeness (QED) is 0.879. The monoisotopic (exact) mass is 243 g/mol. The molecule has 1 saturated heterocycles. The third-order valence-corrected chi connectivity index (χ3v) is 2.99. The van der Waals surface area contributed by atoms with Crippen molar-refractivity contribution in [3.8, 4) is 0 Å². The minimum absolute atomic E-state index is 0.268. The maximum atomic E-state index is 12.3. The van der Waals surface area contributed by atoms with Crippen LogP contribution in [-0.2, 0) is 11.2 Å². The highest BCUT2D eigenvalue weighted by atomic mass is 35.5. The molecule has 1 aromatic rings. The Labute approximate surface area is 99.7 Å². The van der Waals surface area contributed by atoms with Crippen LogP contribution in [-0.4, -0.2) is 32.0 Å².